The smallest absolute Gasteiger partial charge is 0.303 e. The Hall–Kier alpha value is -3.54. The summed E-state index contributed by atoms with van der Waals surface area (Å²) in [7, 11) is 0. The normalized spacial score (nSPS) is 11.5. The number of carboxylic acid groups (broad SMARTS) is 1. The van der Waals surface area contributed by atoms with Crippen LogP contribution in [-0.2, 0) is 16.1 Å². The highest BCUT2D eigenvalue weighted by atomic mass is 16.5. The number of allylic oxidation sites excluding steroid dienone is 1. The van der Waals surface area contributed by atoms with Gasteiger partial charge in [0.25, 0.3) is 0 Å². The van der Waals surface area contributed by atoms with E-state index in [1.165, 1.54) is 0 Å². The van der Waals surface area contributed by atoms with Crippen molar-refractivity contribution in [2.24, 2.45) is 0 Å². The van der Waals surface area contributed by atoms with Crippen molar-refractivity contribution in [2.75, 3.05) is 11.9 Å². The zero-order valence-electron chi connectivity index (χ0n) is 17.9. The van der Waals surface area contributed by atoms with Gasteiger partial charge in [0.15, 0.2) is 0 Å². The highest BCUT2D eigenvalue weighted by Gasteiger charge is 2.12. The topological polar surface area (TPSA) is 80.6 Å². The van der Waals surface area contributed by atoms with Gasteiger partial charge in [-0.3, -0.25) is 9.59 Å². The summed E-state index contributed by atoms with van der Waals surface area (Å²) in [6, 6.07) is 17.5. The number of carboxylic acids is 1. The van der Waals surface area contributed by atoms with Crippen LogP contribution in [0.4, 0.5) is 5.69 Å². The fourth-order valence-corrected chi connectivity index (χ4v) is 3.54. The summed E-state index contributed by atoms with van der Waals surface area (Å²) in [4.78, 5) is 23.4. The van der Waals surface area contributed by atoms with Crippen molar-refractivity contribution in [3.05, 3.63) is 66.4 Å². The number of rotatable bonds is 10. The van der Waals surface area contributed by atoms with Gasteiger partial charge in [0, 0.05) is 35.6 Å². The molecule has 162 valence electrons. The van der Waals surface area contributed by atoms with Crippen molar-refractivity contribution in [3.63, 3.8) is 0 Å². The summed E-state index contributed by atoms with van der Waals surface area (Å²) in [5.74, 6) is -0.578. The van der Waals surface area contributed by atoms with Gasteiger partial charge in [-0.1, -0.05) is 37.3 Å². The van der Waals surface area contributed by atoms with Gasteiger partial charge in [-0.05, 0) is 49.6 Å². The molecule has 0 bridgehead atoms. The number of para-hydroxylation sites is 3. The average Bonchev–Trinajstić information content (AvgIpc) is 3.11. The maximum absolute atomic E-state index is 12.7. The van der Waals surface area contributed by atoms with Crippen LogP contribution in [-0.4, -0.2) is 28.2 Å². The van der Waals surface area contributed by atoms with E-state index in [0.29, 0.717) is 17.9 Å². The molecule has 0 unspecified atom stereocenters. The number of aromatic nitrogens is 1. The molecular formula is C25H28N2O4. The number of fused-ring (bicyclic) bond motifs is 1. The summed E-state index contributed by atoms with van der Waals surface area (Å²) in [6.45, 7) is 5.22. The van der Waals surface area contributed by atoms with Crippen LogP contribution >= 0.6 is 0 Å². The number of ether oxygens (including phenoxy) is 1. The Kier molecular flexibility index (Phi) is 7.49. The summed E-state index contributed by atoms with van der Waals surface area (Å²) in [5.41, 5.74) is 3.62. The lowest BCUT2D eigenvalue weighted by molar-refractivity contribution is -0.137. The summed E-state index contributed by atoms with van der Waals surface area (Å²) >= 11 is 0. The Balaban J connectivity index is 1.75. The van der Waals surface area contributed by atoms with E-state index in [9.17, 15) is 9.59 Å². The number of aliphatic carboxylic acids is 1. The Morgan fingerprint density at radius 3 is 2.65 bits per heavy atom. The molecule has 1 aromatic heterocycles. The molecule has 0 atom stereocenters. The molecule has 6 heteroatoms. The third-order valence-electron chi connectivity index (χ3n) is 4.95. The standard InChI is InChI=1S/C25H28N2O4/c1-3-14-27-21-11-6-4-9-19(21)17-22(27)18(2)16-24(28)26-20-10-5-7-12-23(20)31-15-8-13-25(29)30/h4-7,9-12,16-17H,3,8,13-15H2,1-2H3,(H,26,28)(H,29,30). The maximum Gasteiger partial charge on any atom is 0.303 e. The van der Waals surface area contributed by atoms with Crippen molar-refractivity contribution in [1.29, 1.82) is 0 Å². The minimum absolute atomic E-state index is 0.0439. The van der Waals surface area contributed by atoms with E-state index < -0.39 is 5.97 Å². The number of nitrogens with zero attached hydrogens (tertiary/aromatic N) is 1. The van der Waals surface area contributed by atoms with Gasteiger partial charge in [0.05, 0.1) is 12.3 Å². The van der Waals surface area contributed by atoms with E-state index >= 15 is 0 Å². The van der Waals surface area contributed by atoms with Crippen LogP contribution in [0.25, 0.3) is 16.5 Å². The molecule has 0 aliphatic carbocycles. The molecule has 0 aliphatic rings. The molecule has 31 heavy (non-hydrogen) atoms. The third kappa shape index (κ3) is 5.75. The number of aryl methyl sites for hydroxylation is 1. The first-order valence-electron chi connectivity index (χ1n) is 10.5. The molecule has 0 radical (unpaired) electrons. The van der Waals surface area contributed by atoms with E-state index in [-0.39, 0.29) is 18.9 Å². The molecule has 0 aliphatic heterocycles. The van der Waals surface area contributed by atoms with Crippen molar-refractivity contribution < 1.29 is 19.4 Å². The molecule has 3 aromatic rings. The molecule has 0 fully saturated rings. The summed E-state index contributed by atoms with van der Waals surface area (Å²) < 4.78 is 7.91. The van der Waals surface area contributed by atoms with Gasteiger partial charge in [0.1, 0.15) is 5.75 Å². The van der Waals surface area contributed by atoms with Crippen LogP contribution in [0, 0.1) is 0 Å². The van der Waals surface area contributed by atoms with Crippen LogP contribution in [0.1, 0.15) is 38.8 Å². The van der Waals surface area contributed by atoms with Crippen LogP contribution in [0.15, 0.2) is 60.7 Å². The second-order valence-corrected chi connectivity index (χ2v) is 7.40. The van der Waals surface area contributed by atoms with Crippen LogP contribution < -0.4 is 10.1 Å². The zero-order valence-corrected chi connectivity index (χ0v) is 17.9. The number of carbonyl (C=O) groups is 2. The van der Waals surface area contributed by atoms with Gasteiger partial charge in [-0.15, -0.1) is 0 Å². The first kappa shape index (κ1) is 22.2. The molecule has 2 aromatic carbocycles. The lowest BCUT2D eigenvalue weighted by Gasteiger charge is -2.12. The van der Waals surface area contributed by atoms with Crippen LogP contribution in [0.5, 0.6) is 5.75 Å². The van der Waals surface area contributed by atoms with Gasteiger partial charge in [0.2, 0.25) is 5.91 Å². The first-order chi connectivity index (χ1) is 15.0. The SMILES string of the molecule is CCCn1c(C(C)=CC(=O)Nc2ccccc2OCCCC(=O)O)cc2ccccc21. The van der Waals surface area contributed by atoms with Gasteiger partial charge < -0.3 is 19.7 Å². The maximum atomic E-state index is 12.7. The fraction of sp³-hybridized carbons (Fsp3) is 0.280. The fourth-order valence-electron chi connectivity index (χ4n) is 3.54. The van der Waals surface area contributed by atoms with E-state index in [4.69, 9.17) is 9.84 Å². The Morgan fingerprint density at radius 1 is 1.13 bits per heavy atom. The third-order valence-corrected chi connectivity index (χ3v) is 4.95. The second kappa shape index (κ2) is 10.5. The van der Waals surface area contributed by atoms with E-state index in [2.05, 4.69) is 35.0 Å². The van der Waals surface area contributed by atoms with Gasteiger partial charge in [-0.25, -0.2) is 0 Å². The first-order valence-corrected chi connectivity index (χ1v) is 10.5. The monoisotopic (exact) mass is 420 g/mol. The number of hydrogen-bond donors (Lipinski definition) is 2. The predicted molar refractivity (Wildman–Crippen MR) is 123 cm³/mol. The number of hydrogen-bond acceptors (Lipinski definition) is 3. The van der Waals surface area contributed by atoms with Crippen LogP contribution in [0.2, 0.25) is 0 Å². The highest BCUT2D eigenvalue weighted by Crippen LogP contribution is 2.27. The highest BCUT2D eigenvalue weighted by molar-refractivity contribution is 6.05. The number of nitrogens with one attached hydrogen (secondary N) is 1. The molecule has 2 N–H and O–H groups in total. The molecule has 0 saturated heterocycles. The Labute approximate surface area is 182 Å². The molecule has 0 spiro atoms. The van der Waals surface area contributed by atoms with Crippen molar-refractivity contribution in [3.8, 4) is 5.75 Å². The van der Waals surface area contributed by atoms with E-state index in [1.54, 1.807) is 18.2 Å². The quantitative estimate of drug-likeness (QED) is 0.343. The Bertz CT molecular complexity index is 1100. The minimum atomic E-state index is -0.855. The zero-order chi connectivity index (χ0) is 22.2. The lowest BCUT2D eigenvalue weighted by atomic mass is 10.2. The molecule has 1 amide bonds. The molecule has 1 heterocycles. The van der Waals surface area contributed by atoms with E-state index in [1.807, 2.05) is 31.2 Å². The number of benzene rings is 2. The minimum Gasteiger partial charge on any atom is -0.491 e. The number of amides is 1. The number of anilines is 1. The molecule has 6 nitrogen and oxygen atoms in total. The lowest BCUT2D eigenvalue weighted by Crippen LogP contribution is -2.11. The summed E-state index contributed by atoms with van der Waals surface area (Å²) in [6.07, 6.45) is 3.04. The molecule has 0 saturated carbocycles. The predicted octanol–water partition coefficient (Wildman–Crippen LogP) is 5.34. The second-order valence-electron chi connectivity index (χ2n) is 7.40. The van der Waals surface area contributed by atoms with E-state index in [0.717, 1.165) is 35.1 Å². The average molecular weight is 421 g/mol. The van der Waals surface area contributed by atoms with Crippen molar-refractivity contribution >= 4 is 34.0 Å². The van der Waals surface area contributed by atoms with Crippen LogP contribution in [0.3, 0.4) is 0 Å². The Morgan fingerprint density at radius 2 is 1.87 bits per heavy atom. The van der Waals surface area contributed by atoms with Crippen molar-refractivity contribution in [1.82, 2.24) is 4.57 Å². The van der Waals surface area contributed by atoms with Crippen molar-refractivity contribution in [2.45, 2.75) is 39.7 Å². The van der Waals surface area contributed by atoms with Gasteiger partial charge in [-0.2, -0.15) is 0 Å². The molecular weight excluding hydrogens is 392 g/mol. The molecule has 3 rings (SSSR count). The largest absolute Gasteiger partial charge is 0.491 e. The summed E-state index contributed by atoms with van der Waals surface area (Å²) in [5, 5.41) is 12.8. The van der Waals surface area contributed by atoms with Gasteiger partial charge >= 0.3 is 5.97 Å². The number of carbonyl (C=O) groups excluding carboxylic acids is 1.